The van der Waals surface area contributed by atoms with E-state index in [0.717, 1.165) is 17.7 Å². The summed E-state index contributed by atoms with van der Waals surface area (Å²) in [6.07, 6.45) is 2.00. The molecule has 0 aliphatic rings. The quantitative estimate of drug-likeness (QED) is 0.678. The van der Waals surface area contributed by atoms with Gasteiger partial charge in [0, 0.05) is 11.4 Å². The Kier molecular flexibility index (Phi) is 7.13. The molecule has 24 heavy (non-hydrogen) atoms. The van der Waals surface area contributed by atoms with E-state index in [1.165, 1.54) is 5.56 Å². The molecule has 1 atom stereocenters. The molecule has 0 spiro atoms. The predicted octanol–water partition coefficient (Wildman–Crippen LogP) is 5.07. The van der Waals surface area contributed by atoms with Crippen molar-refractivity contribution >= 4 is 17.5 Å². The van der Waals surface area contributed by atoms with E-state index in [1.807, 2.05) is 12.1 Å². The van der Waals surface area contributed by atoms with Crippen LogP contribution in [0.1, 0.15) is 43.4 Å². The fourth-order valence-electron chi connectivity index (χ4n) is 2.44. The second-order valence-electron chi connectivity index (χ2n) is 5.84. The molecule has 3 nitrogen and oxygen atoms in total. The van der Waals surface area contributed by atoms with Gasteiger partial charge in [-0.25, -0.2) is 0 Å². The van der Waals surface area contributed by atoms with Crippen molar-refractivity contribution in [2.24, 2.45) is 0 Å². The molecule has 1 unspecified atom stereocenters. The van der Waals surface area contributed by atoms with E-state index in [9.17, 15) is 4.79 Å². The van der Waals surface area contributed by atoms with Gasteiger partial charge in [0.15, 0.2) is 0 Å². The summed E-state index contributed by atoms with van der Waals surface area (Å²) in [7, 11) is 0. The van der Waals surface area contributed by atoms with Gasteiger partial charge in [-0.15, -0.1) is 0 Å². The Labute approximate surface area is 149 Å². The van der Waals surface area contributed by atoms with Gasteiger partial charge in [0.25, 0.3) is 0 Å². The van der Waals surface area contributed by atoms with Crippen LogP contribution in [0.15, 0.2) is 48.5 Å². The number of amides is 1. The molecule has 0 radical (unpaired) electrons. The monoisotopic (exact) mass is 345 g/mol. The maximum Gasteiger partial charge on any atom is 0.220 e. The second-order valence-corrected chi connectivity index (χ2v) is 6.28. The van der Waals surface area contributed by atoms with Crippen LogP contribution in [-0.4, -0.2) is 12.5 Å². The third-order valence-electron chi connectivity index (χ3n) is 3.85. The van der Waals surface area contributed by atoms with E-state index in [-0.39, 0.29) is 11.9 Å². The molecule has 2 aromatic carbocycles. The first-order chi connectivity index (χ1) is 11.6. The second kappa shape index (κ2) is 9.33. The Balaban J connectivity index is 1.73. The average molecular weight is 346 g/mol. The molecule has 0 bridgehead atoms. The van der Waals surface area contributed by atoms with E-state index in [0.29, 0.717) is 24.5 Å². The maximum atomic E-state index is 12.1. The number of aryl methyl sites for hydroxylation is 1. The van der Waals surface area contributed by atoms with Gasteiger partial charge < -0.3 is 10.1 Å². The van der Waals surface area contributed by atoms with E-state index in [2.05, 4.69) is 43.4 Å². The SMILES string of the molecule is CCC(NC(=O)CCCOc1ccc(Cl)cc1)c1ccc(C)cc1. The number of nitrogens with one attached hydrogen (secondary N) is 1. The minimum atomic E-state index is 0.0575. The van der Waals surface area contributed by atoms with Crippen LogP contribution in [0.4, 0.5) is 0 Å². The summed E-state index contributed by atoms with van der Waals surface area (Å²) >= 11 is 5.83. The number of carbonyl (C=O) groups is 1. The van der Waals surface area contributed by atoms with Gasteiger partial charge in [-0.05, 0) is 49.6 Å². The van der Waals surface area contributed by atoms with Crippen molar-refractivity contribution in [3.8, 4) is 5.75 Å². The number of halogens is 1. The lowest BCUT2D eigenvalue weighted by molar-refractivity contribution is -0.122. The van der Waals surface area contributed by atoms with Gasteiger partial charge in [0.05, 0.1) is 12.6 Å². The van der Waals surface area contributed by atoms with Crippen LogP contribution in [0.2, 0.25) is 5.02 Å². The topological polar surface area (TPSA) is 38.3 Å². The molecule has 0 aromatic heterocycles. The summed E-state index contributed by atoms with van der Waals surface area (Å²) in [5, 5.41) is 3.78. The van der Waals surface area contributed by atoms with Crippen molar-refractivity contribution < 1.29 is 9.53 Å². The Morgan fingerprint density at radius 1 is 1.12 bits per heavy atom. The lowest BCUT2D eigenvalue weighted by atomic mass is 10.0. The highest BCUT2D eigenvalue weighted by Gasteiger charge is 2.12. The molecule has 128 valence electrons. The van der Waals surface area contributed by atoms with Crippen molar-refractivity contribution in [3.05, 3.63) is 64.7 Å². The van der Waals surface area contributed by atoms with Crippen molar-refractivity contribution in [3.63, 3.8) is 0 Å². The molecule has 0 fully saturated rings. The molecule has 0 saturated heterocycles. The first kappa shape index (κ1) is 18.3. The zero-order valence-electron chi connectivity index (χ0n) is 14.2. The Morgan fingerprint density at radius 2 is 1.79 bits per heavy atom. The maximum absolute atomic E-state index is 12.1. The molecule has 0 aliphatic carbocycles. The summed E-state index contributed by atoms with van der Waals surface area (Å²) in [5.41, 5.74) is 2.37. The molecule has 0 heterocycles. The minimum absolute atomic E-state index is 0.0575. The molecule has 1 amide bonds. The minimum Gasteiger partial charge on any atom is -0.494 e. The van der Waals surface area contributed by atoms with Crippen LogP contribution in [0.3, 0.4) is 0 Å². The normalized spacial score (nSPS) is 11.8. The summed E-state index contributed by atoms with van der Waals surface area (Å²) in [5.74, 6) is 0.827. The fourth-order valence-corrected chi connectivity index (χ4v) is 2.57. The lowest BCUT2D eigenvalue weighted by Crippen LogP contribution is -2.28. The van der Waals surface area contributed by atoms with Crippen LogP contribution in [0.5, 0.6) is 5.75 Å². The number of carbonyl (C=O) groups excluding carboxylic acids is 1. The van der Waals surface area contributed by atoms with Crippen LogP contribution in [0, 0.1) is 6.92 Å². The number of rotatable bonds is 8. The molecule has 4 heteroatoms. The molecule has 2 aromatic rings. The average Bonchev–Trinajstić information content (AvgIpc) is 2.59. The molecule has 2 rings (SSSR count). The first-order valence-electron chi connectivity index (χ1n) is 8.32. The van der Waals surface area contributed by atoms with Crippen molar-refractivity contribution in [2.75, 3.05) is 6.61 Å². The smallest absolute Gasteiger partial charge is 0.220 e. The summed E-state index contributed by atoms with van der Waals surface area (Å²) in [6, 6.07) is 15.6. The van der Waals surface area contributed by atoms with Crippen LogP contribution in [-0.2, 0) is 4.79 Å². The number of benzene rings is 2. The third kappa shape index (κ3) is 5.89. The number of hydrogen-bond donors (Lipinski definition) is 1. The summed E-state index contributed by atoms with van der Waals surface area (Å²) in [4.78, 5) is 12.1. The van der Waals surface area contributed by atoms with Gasteiger partial charge in [-0.3, -0.25) is 4.79 Å². The van der Waals surface area contributed by atoms with Gasteiger partial charge in [0.1, 0.15) is 5.75 Å². The molecular weight excluding hydrogens is 322 g/mol. The van der Waals surface area contributed by atoms with Gasteiger partial charge in [-0.2, -0.15) is 0 Å². The lowest BCUT2D eigenvalue weighted by Gasteiger charge is -2.17. The highest BCUT2D eigenvalue weighted by atomic mass is 35.5. The van der Waals surface area contributed by atoms with E-state index < -0.39 is 0 Å². The molecule has 0 saturated carbocycles. The van der Waals surface area contributed by atoms with Gasteiger partial charge in [-0.1, -0.05) is 48.4 Å². The zero-order chi connectivity index (χ0) is 17.4. The van der Waals surface area contributed by atoms with Crippen LogP contribution < -0.4 is 10.1 Å². The van der Waals surface area contributed by atoms with Gasteiger partial charge >= 0.3 is 0 Å². The van der Waals surface area contributed by atoms with Crippen molar-refractivity contribution in [1.29, 1.82) is 0 Å². The Bertz CT molecular complexity index is 638. The fraction of sp³-hybridized carbons (Fsp3) is 0.350. The number of hydrogen-bond acceptors (Lipinski definition) is 2. The van der Waals surface area contributed by atoms with Crippen molar-refractivity contribution in [2.45, 2.75) is 39.2 Å². The molecule has 0 aliphatic heterocycles. The predicted molar refractivity (Wildman–Crippen MR) is 98.5 cm³/mol. The standard InChI is InChI=1S/C20H24ClNO2/c1-3-19(16-8-6-15(2)7-9-16)22-20(23)5-4-14-24-18-12-10-17(21)11-13-18/h6-13,19H,3-5,14H2,1-2H3,(H,22,23). The molecular formula is C20H24ClNO2. The third-order valence-corrected chi connectivity index (χ3v) is 4.11. The summed E-state index contributed by atoms with van der Waals surface area (Å²) in [6.45, 7) is 4.65. The summed E-state index contributed by atoms with van der Waals surface area (Å²) < 4.78 is 5.60. The highest BCUT2D eigenvalue weighted by molar-refractivity contribution is 6.30. The largest absolute Gasteiger partial charge is 0.494 e. The first-order valence-corrected chi connectivity index (χ1v) is 8.70. The highest BCUT2D eigenvalue weighted by Crippen LogP contribution is 2.18. The zero-order valence-corrected chi connectivity index (χ0v) is 15.0. The van der Waals surface area contributed by atoms with Crippen LogP contribution >= 0.6 is 11.6 Å². The van der Waals surface area contributed by atoms with E-state index >= 15 is 0 Å². The van der Waals surface area contributed by atoms with Crippen molar-refractivity contribution in [1.82, 2.24) is 5.32 Å². The Hall–Kier alpha value is -2.00. The van der Waals surface area contributed by atoms with Gasteiger partial charge in [0.2, 0.25) is 5.91 Å². The van der Waals surface area contributed by atoms with E-state index in [4.69, 9.17) is 16.3 Å². The number of ether oxygens (including phenoxy) is 1. The van der Waals surface area contributed by atoms with Crippen LogP contribution in [0.25, 0.3) is 0 Å². The van der Waals surface area contributed by atoms with E-state index in [1.54, 1.807) is 12.1 Å². The molecule has 1 N–H and O–H groups in total. The Morgan fingerprint density at radius 3 is 2.42 bits per heavy atom.